The van der Waals surface area contributed by atoms with Crippen LogP contribution in [0.25, 0.3) is 6.08 Å². The second kappa shape index (κ2) is 9.24. The zero-order valence-corrected chi connectivity index (χ0v) is 16.8. The molecule has 0 radical (unpaired) electrons. The van der Waals surface area contributed by atoms with E-state index in [4.69, 9.17) is 9.47 Å². The number of hydrogen-bond acceptors (Lipinski definition) is 3. The highest BCUT2D eigenvalue weighted by Gasteiger charge is 2.29. The molecule has 0 spiro atoms. The van der Waals surface area contributed by atoms with Crippen LogP contribution in [-0.4, -0.2) is 19.1 Å². The molecule has 0 saturated heterocycles. The molecule has 160 valence electrons. The minimum absolute atomic E-state index is 0.109. The van der Waals surface area contributed by atoms with Gasteiger partial charge in [0, 0.05) is 12.5 Å². The summed E-state index contributed by atoms with van der Waals surface area (Å²) in [6.07, 6.45) is -0.766. The predicted octanol–water partition coefficient (Wildman–Crippen LogP) is 5.39. The molecule has 3 rings (SSSR count). The quantitative estimate of drug-likeness (QED) is 0.661. The second-order valence-electron chi connectivity index (χ2n) is 7.44. The van der Waals surface area contributed by atoms with E-state index >= 15 is 0 Å². The molecule has 1 amide bonds. The summed E-state index contributed by atoms with van der Waals surface area (Å²) < 4.78 is 49.3. The van der Waals surface area contributed by atoms with E-state index in [1.807, 2.05) is 32.0 Å². The summed E-state index contributed by atoms with van der Waals surface area (Å²) in [7, 11) is 0. The van der Waals surface area contributed by atoms with Crippen molar-refractivity contribution in [3.05, 3.63) is 65.2 Å². The molecule has 0 bridgehead atoms. The van der Waals surface area contributed by atoms with Gasteiger partial charge in [-0.2, -0.15) is 13.2 Å². The minimum atomic E-state index is -4.38. The number of ether oxygens (including phenoxy) is 2. The van der Waals surface area contributed by atoms with Crippen LogP contribution in [0.1, 0.15) is 43.0 Å². The van der Waals surface area contributed by atoms with E-state index in [1.165, 1.54) is 24.3 Å². The highest BCUT2D eigenvalue weighted by molar-refractivity contribution is 5.92. The lowest BCUT2D eigenvalue weighted by molar-refractivity contribution is -0.137. The summed E-state index contributed by atoms with van der Waals surface area (Å²) in [5.74, 6) is 1.12. The van der Waals surface area contributed by atoms with Crippen molar-refractivity contribution in [2.24, 2.45) is 5.92 Å². The largest absolute Gasteiger partial charge is 0.490 e. The van der Waals surface area contributed by atoms with E-state index in [-0.39, 0.29) is 17.9 Å². The first-order valence-electron chi connectivity index (χ1n) is 9.79. The van der Waals surface area contributed by atoms with E-state index in [1.54, 1.807) is 0 Å². The van der Waals surface area contributed by atoms with E-state index in [0.717, 1.165) is 24.1 Å². The van der Waals surface area contributed by atoms with Crippen molar-refractivity contribution in [1.29, 1.82) is 0 Å². The van der Waals surface area contributed by atoms with Crippen LogP contribution in [0.15, 0.2) is 48.5 Å². The fourth-order valence-corrected chi connectivity index (χ4v) is 3.16. The number of carbonyl (C=O) groups excluding carboxylic acids is 1. The summed E-state index contributed by atoms with van der Waals surface area (Å²) in [5, 5.41) is 2.96. The van der Waals surface area contributed by atoms with Gasteiger partial charge in [-0.25, -0.2) is 0 Å². The smallest absolute Gasteiger partial charge is 0.416 e. The van der Waals surface area contributed by atoms with Gasteiger partial charge >= 0.3 is 6.18 Å². The lowest BCUT2D eigenvalue weighted by atomic mass is 9.95. The Morgan fingerprint density at radius 1 is 1.03 bits per heavy atom. The summed E-state index contributed by atoms with van der Waals surface area (Å²) in [4.78, 5) is 12.4. The Morgan fingerprint density at radius 2 is 1.70 bits per heavy atom. The van der Waals surface area contributed by atoms with Crippen molar-refractivity contribution in [2.75, 3.05) is 13.2 Å². The van der Waals surface area contributed by atoms with Crippen molar-refractivity contribution < 1.29 is 27.4 Å². The Kier molecular flexibility index (Phi) is 6.70. The zero-order chi connectivity index (χ0) is 21.7. The van der Waals surface area contributed by atoms with Crippen LogP contribution >= 0.6 is 0 Å². The molecule has 1 atom stereocenters. The molecule has 1 N–H and O–H groups in total. The second-order valence-corrected chi connectivity index (χ2v) is 7.44. The number of rotatable bonds is 5. The maximum Gasteiger partial charge on any atom is 0.416 e. The summed E-state index contributed by atoms with van der Waals surface area (Å²) in [6, 6.07) is 10.0. The molecule has 1 aliphatic heterocycles. The van der Waals surface area contributed by atoms with Crippen LogP contribution in [0.4, 0.5) is 13.2 Å². The normalized spacial score (nSPS) is 15.1. The van der Waals surface area contributed by atoms with Crippen LogP contribution in [0.5, 0.6) is 11.5 Å². The van der Waals surface area contributed by atoms with Gasteiger partial charge in [-0.15, -0.1) is 0 Å². The number of alkyl halides is 3. The molecule has 0 aliphatic carbocycles. The number of nitrogens with one attached hydrogen (secondary N) is 1. The molecule has 2 aromatic carbocycles. The molecule has 1 aliphatic rings. The zero-order valence-electron chi connectivity index (χ0n) is 16.8. The van der Waals surface area contributed by atoms with Gasteiger partial charge in [-0.05, 0) is 47.4 Å². The molecule has 4 nitrogen and oxygen atoms in total. The molecule has 1 heterocycles. The van der Waals surface area contributed by atoms with Crippen LogP contribution in [0, 0.1) is 5.92 Å². The average molecular weight is 419 g/mol. The molecular formula is C23H24F3NO3. The lowest BCUT2D eigenvalue weighted by Crippen LogP contribution is -2.30. The monoisotopic (exact) mass is 419 g/mol. The van der Waals surface area contributed by atoms with Crippen molar-refractivity contribution in [3.63, 3.8) is 0 Å². The summed E-state index contributed by atoms with van der Waals surface area (Å²) >= 11 is 0. The van der Waals surface area contributed by atoms with Crippen LogP contribution < -0.4 is 14.8 Å². The average Bonchev–Trinajstić information content (AvgIpc) is 2.94. The maximum absolute atomic E-state index is 12.6. The van der Waals surface area contributed by atoms with Gasteiger partial charge in [0.25, 0.3) is 0 Å². The lowest BCUT2D eigenvalue weighted by Gasteiger charge is -2.23. The third-order valence-corrected chi connectivity index (χ3v) is 4.76. The first-order chi connectivity index (χ1) is 14.2. The predicted molar refractivity (Wildman–Crippen MR) is 108 cm³/mol. The SMILES string of the molecule is CC(C)[C@@H](NC(=O)/C=C/c1ccc(C(F)(F)F)cc1)c1ccc2c(c1)OCCCO2. The first kappa shape index (κ1) is 21.7. The maximum atomic E-state index is 12.6. The molecule has 7 heteroatoms. The summed E-state index contributed by atoms with van der Waals surface area (Å²) in [6.45, 7) is 5.16. The molecule has 30 heavy (non-hydrogen) atoms. The Bertz CT molecular complexity index is 905. The molecule has 2 aromatic rings. The highest BCUT2D eigenvalue weighted by atomic mass is 19.4. The molecule has 0 aromatic heterocycles. The van der Waals surface area contributed by atoms with Crippen LogP contribution in [0.2, 0.25) is 0 Å². The van der Waals surface area contributed by atoms with Gasteiger partial charge < -0.3 is 14.8 Å². The van der Waals surface area contributed by atoms with Crippen LogP contribution in [-0.2, 0) is 11.0 Å². The first-order valence-corrected chi connectivity index (χ1v) is 9.79. The highest BCUT2D eigenvalue weighted by Crippen LogP contribution is 2.34. The van der Waals surface area contributed by atoms with Gasteiger partial charge in [-0.1, -0.05) is 32.0 Å². The van der Waals surface area contributed by atoms with Gasteiger partial charge in [-0.3, -0.25) is 4.79 Å². The van der Waals surface area contributed by atoms with Gasteiger partial charge in [0.1, 0.15) is 0 Å². The van der Waals surface area contributed by atoms with Gasteiger partial charge in [0.2, 0.25) is 5.91 Å². The molecule has 0 unspecified atom stereocenters. The van der Waals surface area contributed by atoms with Crippen molar-refractivity contribution in [2.45, 2.75) is 32.5 Å². The molecule has 0 fully saturated rings. The Balaban J connectivity index is 1.70. The van der Waals surface area contributed by atoms with Gasteiger partial charge in [0.15, 0.2) is 11.5 Å². The van der Waals surface area contributed by atoms with Crippen molar-refractivity contribution in [3.8, 4) is 11.5 Å². The number of carbonyl (C=O) groups is 1. The van der Waals surface area contributed by atoms with E-state index in [2.05, 4.69) is 5.32 Å². The number of hydrogen-bond donors (Lipinski definition) is 1. The minimum Gasteiger partial charge on any atom is -0.490 e. The Labute approximate surface area is 173 Å². The standard InChI is InChI=1S/C23H24F3NO3/c1-15(2)22(17-7-10-19-20(14-17)30-13-3-12-29-19)27-21(28)11-6-16-4-8-18(9-5-16)23(24,25)26/h4-11,14-15,22H,3,12-13H2,1-2H3,(H,27,28)/b11-6+/t22-/m1/s1. The topological polar surface area (TPSA) is 47.6 Å². The van der Waals surface area contributed by atoms with Crippen LogP contribution in [0.3, 0.4) is 0 Å². The van der Waals surface area contributed by atoms with E-state index in [0.29, 0.717) is 30.3 Å². The van der Waals surface area contributed by atoms with Crippen molar-refractivity contribution in [1.82, 2.24) is 5.32 Å². The Morgan fingerprint density at radius 3 is 2.33 bits per heavy atom. The van der Waals surface area contributed by atoms with E-state index < -0.39 is 11.7 Å². The number of benzene rings is 2. The number of fused-ring (bicyclic) bond motifs is 1. The molecule has 0 saturated carbocycles. The Hall–Kier alpha value is -2.96. The summed E-state index contributed by atoms with van der Waals surface area (Å²) in [5.41, 5.74) is 0.679. The fourth-order valence-electron chi connectivity index (χ4n) is 3.16. The molecular weight excluding hydrogens is 395 g/mol. The third kappa shape index (κ3) is 5.55. The number of halogens is 3. The third-order valence-electron chi connectivity index (χ3n) is 4.76. The van der Waals surface area contributed by atoms with E-state index in [9.17, 15) is 18.0 Å². The number of amides is 1. The fraction of sp³-hybridized carbons (Fsp3) is 0.348. The van der Waals surface area contributed by atoms with Crippen molar-refractivity contribution >= 4 is 12.0 Å². The van der Waals surface area contributed by atoms with Gasteiger partial charge in [0.05, 0.1) is 24.8 Å².